The van der Waals surface area contributed by atoms with E-state index < -0.39 is 0 Å². The van der Waals surface area contributed by atoms with Crippen molar-refractivity contribution < 1.29 is 4.79 Å². The van der Waals surface area contributed by atoms with Crippen LogP contribution in [0.1, 0.15) is 33.5 Å². The van der Waals surface area contributed by atoms with Crippen molar-refractivity contribution in [1.82, 2.24) is 0 Å². The van der Waals surface area contributed by atoms with Crippen LogP contribution in [0.25, 0.3) is 0 Å². The quantitative estimate of drug-likeness (QED) is 0.644. The lowest BCUT2D eigenvalue weighted by Crippen LogP contribution is -2.05. The van der Waals surface area contributed by atoms with Gasteiger partial charge in [0.15, 0.2) is 5.78 Å². The van der Waals surface area contributed by atoms with Gasteiger partial charge in [0, 0.05) is 16.8 Å². The van der Waals surface area contributed by atoms with Crippen molar-refractivity contribution in [2.24, 2.45) is 0 Å². The Balaban J connectivity index is 2.01. The summed E-state index contributed by atoms with van der Waals surface area (Å²) in [5.74, 6) is 0.0165. The van der Waals surface area contributed by atoms with Crippen molar-refractivity contribution >= 4 is 11.5 Å². The van der Waals surface area contributed by atoms with Gasteiger partial charge < -0.3 is 5.73 Å². The van der Waals surface area contributed by atoms with E-state index in [-0.39, 0.29) is 5.78 Å². The molecule has 0 amide bonds. The van der Waals surface area contributed by atoms with Crippen LogP contribution in [0.15, 0.2) is 42.5 Å². The van der Waals surface area contributed by atoms with Crippen LogP contribution in [-0.2, 0) is 12.8 Å². The Morgan fingerprint density at radius 2 is 1.78 bits per heavy atom. The molecule has 0 aromatic heterocycles. The van der Waals surface area contributed by atoms with Crippen LogP contribution in [0.3, 0.4) is 0 Å². The first kappa shape index (κ1) is 11.0. The predicted octanol–water partition coefficient (Wildman–Crippen LogP) is 2.99. The first-order valence-electron chi connectivity index (χ1n) is 6.27. The Bertz CT molecular complexity index is 616. The normalized spacial score (nSPS) is 13.3. The molecule has 0 fully saturated rings. The molecule has 3 rings (SSSR count). The summed E-state index contributed by atoms with van der Waals surface area (Å²) in [5.41, 5.74) is 10.4. The van der Waals surface area contributed by atoms with E-state index in [4.69, 9.17) is 5.73 Å². The van der Waals surface area contributed by atoms with Crippen LogP contribution in [0.5, 0.6) is 0 Å². The van der Waals surface area contributed by atoms with E-state index in [1.807, 2.05) is 24.3 Å². The number of rotatable bonds is 2. The van der Waals surface area contributed by atoms with Crippen LogP contribution in [0.4, 0.5) is 5.69 Å². The molecule has 0 saturated heterocycles. The second-order valence-electron chi connectivity index (χ2n) is 4.75. The molecule has 0 atom stereocenters. The molecule has 1 aliphatic carbocycles. The first-order valence-corrected chi connectivity index (χ1v) is 6.27. The average Bonchev–Trinajstić information content (AvgIpc) is 2.85. The molecule has 0 unspecified atom stereocenters. The van der Waals surface area contributed by atoms with Gasteiger partial charge in [0.25, 0.3) is 0 Å². The van der Waals surface area contributed by atoms with Crippen molar-refractivity contribution in [3.05, 3.63) is 64.7 Å². The van der Waals surface area contributed by atoms with Crippen molar-refractivity contribution in [1.29, 1.82) is 0 Å². The zero-order valence-electron chi connectivity index (χ0n) is 10.1. The fourth-order valence-electron chi connectivity index (χ4n) is 2.57. The Kier molecular flexibility index (Phi) is 2.63. The maximum atomic E-state index is 12.4. The van der Waals surface area contributed by atoms with E-state index in [0.29, 0.717) is 11.3 Å². The SMILES string of the molecule is Nc1ccccc1C(=O)c1ccc2c(c1)CCC2. The Hall–Kier alpha value is -2.09. The minimum atomic E-state index is 0.0165. The van der Waals surface area contributed by atoms with Gasteiger partial charge in [0.2, 0.25) is 0 Å². The highest BCUT2D eigenvalue weighted by Crippen LogP contribution is 2.24. The third-order valence-corrected chi connectivity index (χ3v) is 3.57. The largest absolute Gasteiger partial charge is 0.398 e. The molecule has 2 heteroatoms. The number of aryl methyl sites for hydroxylation is 2. The molecule has 2 aromatic carbocycles. The van der Waals surface area contributed by atoms with E-state index in [2.05, 4.69) is 6.07 Å². The van der Waals surface area contributed by atoms with Gasteiger partial charge in [-0.05, 0) is 48.6 Å². The zero-order chi connectivity index (χ0) is 12.5. The predicted molar refractivity (Wildman–Crippen MR) is 72.8 cm³/mol. The Labute approximate surface area is 106 Å². The Morgan fingerprint density at radius 3 is 2.61 bits per heavy atom. The third kappa shape index (κ3) is 1.80. The number of hydrogen-bond acceptors (Lipinski definition) is 2. The summed E-state index contributed by atoms with van der Waals surface area (Å²) in [7, 11) is 0. The molecule has 90 valence electrons. The van der Waals surface area contributed by atoms with Crippen molar-refractivity contribution in [3.8, 4) is 0 Å². The fraction of sp³-hybridized carbons (Fsp3) is 0.188. The highest BCUT2D eigenvalue weighted by atomic mass is 16.1. The Morgan fingerprint density at radius 1 is 1.00 bits per heavy atom. The van der Waals surface area contributed by atoms with E-state index in [1.54, 1.807) is 12.1 Å². The van der Waals surface area contributed by atoms with Gasteiger partial charge in [-0.15, -0.1) is 0 Å². The molecular weight excluding hydrogens is 222 g/mol. The molecule has 2 N–H and O–H groups in total. The number of anilines is 1. The summed E-state index contributed by atoms with van der Waals surface area (Å²) >= 11 is 0. The minimum absolute atomic E-state index is 0.0165. The maximum Gasteiger partial charge on any atom is 0.195 e. The summed E-state index contributed by atoms with van der Waals surface area (Å²) < 4.78 is 0. The second kappa shape index (κ2) is 4.30. The lowest BCUT2D eigenvalue weighted by Gasteiger charge is -2.06. The highest BCUT2D eigenvalue weighted by molar-refractivity contribution is 6.12. The van der Waals surface area contributed by atoms with Gasteiger partial charge in [0.05, 0.1) is 0 Å². The molecule has 0 saturated carbocycles. The van der Waals surface area contributed by atoms with E-state index in [1.165, 1.54) is 17.5 Å². The zero-order valence-corrected chi connectivity index (χ0v) is 10.1. The molecule has 1 aliphatic rings. The van der Waals surface area contributed by atoms with E-state index >= 15 is 0 Å². The summed E-state index contributed by atoms with van der Waals surface area (Å²) in [6.45, 7) is 0. The van der Waals surface area contributed by atoms with Crippen LogP contribution in [0, 0.1) is 0 Å². The number of fused-ring (bicyclic) bond motifs is 1. The maximum absolute atomic E-state index is 12.4. The molecule has 18 heavy (non-hydrogen) atoms. The molecule has 0 aliphatic heterocycles. The molecule has 0 bridgehead atoms. The fourth-order valence-corrected chi connectivity index (χ4v) is 2.57. The van der Waals surface area contributed by atoms with Crippen LogP contribution >= 0.6 is 0 Å². The molecule has 2 nitrogen and oxygen atoms in total. The van der Waals surface area contributed by atoms with Gasteiger partial charge in [-0.3, -0.25) is 4.79 Å². The van der Waals surface area contributed by atoms with Gasteiger partial charge >= 0.3 is 0 Å². The number of carbonyl (C=O) groups is 1. The van der Waals surface area contributed by atoms with Crippen molar-refractivity contribution in [2.45, 2.75) is 19.3 Å². The summed E-state index contributed by atoms with van der Waals surface area (Å²) in [6.07, 6.45) is 3.42. The molecule has 0 heterocycles. The first-order chi connectivity index (χ1) is 8.75. The molecule has 0 spiro atoms. The minimum Gasteiger partial charge on any atom is -0.398 e. The molecule has 2 aromatic rings. The van der Waals surface area contributed by atoms with Crippen LogP contribution in [-0.4, -0.2) is 5.78 Å². The van der Waals surface area contributed by atoms with Gasteiger partial charge in [-0.1, -0.05) is 24.3 Å². The van der Waals surface area contributed by atoms with Gasteiger partial charge in [0.1, 0.15) is 0 Å². The average molecular weight is 237 g/mol. The highest BCUT2D eigenvalue weighted by Gasteiger charge is 2.16. The number of carbonyl (C=O) groups excluding carboxylic acids is 1. The van der Waals surface area contributed by atoms with Crippen LogP contribution in [0.2, 0.25) is 0 Å². The smallest absolute Gasteiger partial charge is 0.195 e. The van der Waals surface area contributed by atoms with Crippen LogP contribution < -0.4 is 5.73 Å². The number of para-hydroxylation sites is 1. The number of nitrogen functional groups attached to an aromatic ring is 1. The summed E-state index contributed by atoms with van der Waals surface area (Å²) in [6, 6.07) is 13.3. The van der Waals surface area contributed by atoms with Gasteiger partial charge in [-0.25, -0.2) is 0 Å². The molecular formula is C16H15NO. The topological polar surface area (TPSA) is 43.1 Å². The van der Waals surface area contributed by atoms with Gasteiger partial charge in [-0.2, -0.15) is 0 Å². The van der Waals surface area contributed by atoms with Crippen molar-refractivity contribution in [2.75, 3.05) is 5.73 Å². The standard InChI is InChI=1S/C16H15NO/c17-15-7-2-1-6-14(15)16(18)13-9-8-11-4-3-5-12(11)10-13/h1-2,6-10H,3-5,17H2. The lowest BCUT2D eigenvalue weighted by atomic mass is 9.98. The molecule has 0 radical (unpaired) electrons. The number of nitrogens with two attached hydrogens (primary N) is 1. The number of benzene rings is 2. The lowest BCUT2D eigenvalue weighted by molar-refractivity contribution is 0.103. The van der Waals surface area contributed by atoms with E-state index in [9.17, 15) is 4.79 Å². The summed E-state index contributed by atoms with van der Waals surface area (Å²) in [4.78, 5) is 12.4. The number of ketones is 1. The number of hydrogen-bond donors (Lipinski definition) is 1. The second-order valence-corrected chi connectivity index (χ2v) is 4.75. The third-order valence-electron chi connectivity index (χ3n) is 3.57. The summed E-state index contributed by atoms with van der Waals surface area (Å²) in [5, 5.41) is 0. The van der Waals surface area contributed by atoms with Crippen molar-refractivity contribution in [3.63, 3.8) is 0 Å². The van der Waals surface area contributed by atoms with E-state index in [0.717, 1.165) is 18.4 Å². The monoisotopic (exact) mass is 237 g/mol.